The quantitative estimate of drug-likeness (QED) is 0.628. The number of aromatic nitrogens is 4. The van der Waals surface area contributed by atoms with Gasteiger partial charge in [0.05, 0.1) is 7.11 Å². The number of nitrogens with one attached hydrogen (secondary N) is 2. The molecule has 0 aliphatic heterocycles. The molecule has 8 heteroatoms. The highest BCUT2D eigenvalue weighted by atomic mass is 79.9. The van der Waals surface area contributed by atoms with E-state index >= 15 is 0 Å². The van der Waals surface area contributed by atoms with Crippen molar-refractivity contribution >= 4 is 21.9 Å². The van der Waals surface area contributed by atoms with Crippen LogP contribution in [0.1, 0.15) is 16.7 Å². The van der Waals surface area contributed by atoms with E-state index < -0.39 is 0 Å². The normalized spacial score (nSPS) is 10.5. The molecule has 0 aliphatic rings. The molecule has 0 aliphatic carbocycles. The van der Waals surface area contributed by atoms with Crippen molar-refractivity contribution in [2.24, 2.45) is 0 Å². The second-order valence-electron chi connectivity index (χ2n) is 5.40. The van der Waals surface area contributed by atoms with Gasteiger partial charge in [-0.2, -0.15) is 5.21 Å². The first-order valence-electron chi connectivity index (χ1n) is 7.68. The Morgan fingerprint density at radius 1 is 1.16 bits per heavy atom. The van der Waals surface area contributed by atoms with Crippen LogP contribution >= 0.6 is 15.9 Å². The van der Waals surface area contributed by atoms with Crippen molar-refractivity contribution in [2.45, 2.75) is 20.1 Å². The van der Waals surface area contributed by atoms with Crippen molar-refractivity contribution < 1.29 is 9.47 Å². The average molecular weight is 404 g/mol. The molecule has 0 saturated heterocycles. The first-order chi connectivity index (χ1) is 12.2. The zero-order valence-electron chi connectivity index (χ0n) is 13.9. The monoisotopic (exact) mass is 403 g/mol. The van der Waals surface area contributed by atoms with Crippen molar-refractivity contribution in [3.63, 3.8) is 0 Å². The number of benzene rings is 2. The van der Waals surface area contributed by atoms with E-state index in [9.17, 15) is 0 Å². The largest absolute Gasteiger partial charge is 0.493 e. The topological polar surface area (TPSA) is 85.0 Å². The number of H-pyrrole nitrogens is 1. The fourth-order valence-electron chi connectivity index (χ4n) is 2.32. The van der Waals surface area contributed by atoms with Crippen molar-refractivity contribution in [3.8, 4) is 11.5 Å². The van der Waals surface area contributed by atoms with E-state index in [1.807, 2.05) is 24.3 Å². The third-order valence-corrected chi connectivity index (χ3v) is 4.50. The summed E-state index contributed by atoms with van der Waals surface area (Å²) in [6.07, 6.45) is 0. The van der Waals surface area contributed by atoms with Gasteiger partial charge in [-0.3, -0.25) is 0 Å². The van der Waals surface area contributed by atoms with E-state index in [-0.39, 0.29) is 0 Å². The van der Waals surface area contributed by atoms with Crippen molar-refractivity contribution in [1.29, 1.82) is 0 Å². The van der Waals surface area contributed by atoms with Crippen LogP contribution < -0.4 is 14.8 Å². The SMILES string of the molecule is COc1cc(CNc2nn[nH]n2)c(Br)cc1OCc1ccccc1C. The molecule has 1 aromatic heterocycles. The van der Waals surface area contributed by atoms with Gasteiger partial charge in [0.15, 0.2) is 11.5 Å². The maximum Gasteiger partial charge on any atom is 0.263 e. The summed E-state index contributed by atoms with van der Waals surface area (Å²) >= 11 is 3.58. The maximum absolute atomic E-state index is 5.97. The Morgan fingerprint density at radius 2 is 2.00 bits per heavy atom. The summed E-state index contributed by atoms with van der Waals surface area (Å²) in [7, 11) is 1.63. The lowest BCUT2D eigenvalue weighted by Gasteiger charge is -2.15. The number of aryl methyl sites for hydroxylation is 1. The standard InChI is InChI=1S/C17H18BrN5O2/c1-11-5-3-4-6-12(11)10-25-16-8-14(18)13(7-15(16)24-2)9-19-17-20-22-23-21-17/h3-8H,9-10H2,1-2H3,(H2,19,20,21,22,23). The minimum atomic E-state index is 0.436. The van der Waals surface area contributed by atoms with Gasteiger partial charge in [-0.1, -0.05) is 45.3 Å². The summed E-state index contributed by atoms with van der Waals surface area (Å²) < 4.78 is 12.3. The number of ether oxygens (including phenoxy) is 2. The van der Waals surface area contributed by atoms with E-state index in [1.54, 1.807) is 7.11 Å². The number of anilines is 1. The van der Waals surface area contributed by atoms with E-state index in [4.69, 9.17) is 9.47 Å². The first kappa shape index (κ1) is 17.2. The van der Waals surface area contributed by atoms with E-state index in [1.165, 1.54) is 5.56 Å². The molecule has 0 atom stereocenters. The highest BCUT2D eigenvalue weighted by Gasteiger charge is 2.12. The molecule has 1 heterocycles. The number of nitrogens with zero attached hydrogens (tertiary/aromatic N) is 3. The Bertz CT molecular complexity index is 839. The molecule has 0 amide bonds. The predicted molar refractivity (Wildman–Crippen MR) is 97.7 cm³/mol. The molecule has 0 spiro atoms. The van der Waals surface area contributed by atoms with Crippen LogP contribution in [0.5, 0.6) is 11.5 Å². The summed E-state index contributed by atoms with van der Waals surface area (Å²) in [5.41, 5.74) is 3.33. The van der Waals surface area contributed by atoms with Crippen LogP contribution in [-0.4, -0.2) is 27.7 Å². The molecule has 0 fully saturated rings. The van der Waals surface area contributed by atoms with E-state index in [0.717, 1.165) is 15.6 Å². The fraction of sp³-hybridized carbons (Fsp3) is 0.235. The van der Waals surface area contributed by atoms with Crippen LogP contribution in [0.3, 0.4) is 0 Å². The zero-order valence-corrected chi connectivity index (χ0v) is 15.5. The molecule has 2 N–H and O–H groups in total. The molecular weight excluding hydrogens is 386 g/mol. The molecule has 2 aromatic carbocycles. The minimum absolute atomic E-state index is 0.436. The molecule has 0 unspecified atom stereocenters. The number of hydrogen-bond donors (Lipinski definition) is 2. The van der Waals surface area contributed by atoms with Gasteiger partial charge in [-0.15, -0.1) is 5.10 Å². The summed E-state index contributed by atoms with van der Waals surface area (Å²) in [5, 5.41) is 16.7. The predicted octanol–water partition coefficient (Wildman–Crippen LogP) is 3.47. The maximum atomic E-state index is 5.97. The lowest BCUT2D eigenvalue weighted by atomic mass is 10.1. The van der Waals surface area contributed by atoms with Gasteiger partial charge >= 0.3 is 0 Å². The van der Waals surface area contributed by atoms with Gasteiger partial charge < -0.3 is 14.8 Å². The highest BCUT2D eigenvalue weighted by Crippen LogP contribution is 2.34. The highest BCUT2D eigenvalue weighted by molar-refractivity contribution is 9.10. The third kappa shape index (κ3) is 4.27. The summed E-state index contributed by atoms with van der Waals surface area (Å²) in [6.45, 7) is 3.07. The second kappa shape index (κ2) is 7.98. The van der Waals surface area contributed by atoms with E-state index in [2.05, 4.69) is 60.9 Å². The van der Waals surface area contributed by atoms with Gasteiger partial charge in [0, 0.05) is 11.0 Å². The van der Waals surface area contributed by atoms with Crippen LogP contribution in [0.25, 0.3) is 0 Å². The third-order valence-electron chi connectivity index (χ3n) is 3.76. The number of rotatable bonds is 7. The van der Waals surface area contributed by atoms with Gasteiger partial charge in [0.2, 0.25) is 0 Å². The Hall–Kier alpha value is -2.61. The molecule has 0 bridgehead atoms. The number of hydrogen-bond acceptors (Lipinski definition) is 6. The fourth-order valence-corrected chi connectivity index (χ4v) is 2.79. The van der Waals surface area contributed by atoms with Crippen LogP contribution in [0.2, 0.25) is 0 Å². The van der Waals surface area contributed by atoms with Gasteiger partial charge in [0.1, 0.15) is 6.61 Å². The molecule has 130 valence electrons. The number of methoxy groups -OCH3 is 1. The van der Waals surface area contributed by atoms with Crippen LogP contribution in [0.4, 0.5) is 5.95 Å². The van der Waals surface area contributed by atoms with Crippen molar-refractivity contribution in [3.05, 3.63) is 57.6 Å². The Morgan fingerprint density at radius 3 is 2.72 bits per heavy atom. The molecule has 3 aromatic rings. The van der Waals surface area contributed by atoms with Gasteiger partial charge in [-0.25, -0.2) is 0 Å². The summed E-state index contributed by atoms with van der Waals surface area (Å²) in [6, 6.07) is 12.0. The van der Waals surface area contributed by atoms with Gasteiger partial charge in [-0.05, 0) is 41.0 Å². The van der Waals surface area contributed by atoms with Gasteiger partial charge in [0.25, 0.3) is 5.95 Å². The lowest BCUT2D eigenvalue weighted by molar-refractivity contribution is 0.283. The molecule has 3 rings (SSSR count). The van der Waals surface area contributed by atoms with Crippen LogP contribution in [-0.2, 0) is 13.2 Å². The second-order valence-corrected chi connectivity index (χ2v) is 6.25. The minimum Gasteiger partial charge on any atom is -0.493 e. The van der Waals surface area contributed by atoms with Crippen LogP contribution in [0.15, 0.2) is 40.9 Å². The van der Waals surface area contributed by atoms with Crippen LogP contribution in [0, 0.1) is 6.92 Å². The Balaban J connectivity index is 1.73. The zero-order chi connectivity index (χ0) is 17.6. The van der Waals surface area contributed by atoms with E-state index in [0.29, 0.717) is 30.6 Å². The first-order valence-corrected chi connectivity index (χ1v) is 8.47. The Kier molecular flexibility index (Phi) is 5.49. The Labute approximate surface area is 153 Å². The average Bonchev–Trinajstić information content (AvgIpc) is 3.13. The lowest BCUT2D eigenvalue weighted by Crippen LogP contribution is -2.04. The summed E-state index contributed by atoms with van der Waals surface area (Å²) in [5.74, 6) is 1.79. The smallest absolute Gasteiger partial charge is 0.263 e. The molecule has 0 saturated carbocycles. The number of aromatic amines is 1. The molecule has 7 nitrogen and oxygen atoms in total. The van der Waals surface area contributed by atoms with Crippen molar-refractivity contribution in [1.82, 2.24) is 20.6 Å². The molecule has 0 radical (unpaired) electrons. The summed E-state index contributed by atoms with van der Waals surface area (Å²) in [4.78, 5) is 0. The van der Waals surface area contributed by atoms with Crippen molar-refractivity contribution in [2.75, 3.05) is 12.4 Å². The molecular formula is C17H18BrN5O2. The molecule has 25 heavy (non-hydrogen) atoms. The number of tetrazole rings is 1. The number of halogens is 1.